The Morgan fingerprint density at radius 2 is 2.25 bits per heavy atom. The Hall–Kier alpha value is -1.29. The van der Waals surface area contributed by atoms with Crippen molar-refractivity contribution in [2.24, 2.45) is 0 Å². The number of pyridine rings is 1. The number of nitrogens with zero attached hydrogens (tertiary/aromatic N) is 1. The van der Waals surface area contributed by atoms with Crippen LogP contribution < -0.4 is 5.73 Å². The Balaban J connectivity index is 2.34. The third-order valence-electron chi connectivity index (χ3n) is 2.91. The fourth-order valence-electron chi connectivity index (χ4n) is 2.07. The number of hydrogen-bond donors (Lipinski definition) is 1. The van der Waals surface area contributed by atoms with E-state index in [4.69, 9.17) is 5.73 Å². The summed E-state index contributed by atoms with van der Waals surface area (Å²) in [6.45, 7) is 0. The summed E-state index contributed by atoms with van der Waals surface area (Å²) < 4.78 is 13.1. The number of aryl methyl sites for hydroxylation is 1. The molecule has 2 nitrogen and oxygen atoms in total. The minimum absolute atomic E-state index is 0.260. The molecule has 0 saturated carbocycles. The number of nitrogens with two attached hydrogens (primary N) is 1. The van der Waals surface area contributed by atoms with E-state index >= 15 is 0 Å². The van der Waals surface area contributed by atoms with Gasteiger partial charge in [-0.3, -0.25) is 4.98 Å². The molecule has 0 bridgehead atoms. The number of hydrogen-bond acceptors (Lipinski definition) is 3. The molecule has 0 spiro atoms. The standard InChI is InChI=1S/C12H11FN2S/c13-7-1-2-8-11(5-7)15-10-3-4-16-6-9(10)12(8)14/h1-2,5H,3-4,6H2,(H2,14,15). The molecule has 3 rings (SSSR count). The van der Waals surface area contributed by atoms with Gasteiger partial charge in [-0.1, -0.05) is 0 Å². The first-order chi connectivity index (χ1) is 7.75. The molecule has 16 heavy (non-hydrogen) atoms. The molecule has 1 aromatic carbocycles. The lowest BCUT2D eigenvalue weighted by Crippen LogP contribution is -2.09. The van der Waals surface area contributed by atoms with Crippen molar-refractivity contribution in [1.29, 1.82) is 0 Å². The number of thioether (sulfide) groups is 1. The lowest BCUT2D eigenvalue weighted by molar-refractivity contribution is 0.629. The van der Waals surface area contributed by atoms with Gasteiger partial charge in [-0.25, -0.2) is 4.39 Å². The Morgan fingerprint density at radius 1 is 1.38 bits per heavy atom. The number of anilines is 1. The minimum Gasteiger partial charge on any atom is -0.398 e. The van der Waals surface area contributed by atoms with E-state index in [9.17, 15) is 4.39 Å². The molecule has 1 aliphatic rings. The molecule has 82 valence electrons. The second kappa shape index (κ2) is 3.63. The number of halogens is 1. The van der Waals surface area contributed by atoms with E-state index in [2.05, 4.69) is 4.98 Å². The van der Waals surface area contributed by atoms with Crippen molar-refractivity contribution in [2.45, 2.75) is 12.2 Å². The van der Waals surface area contributed by atoms with E-state index in [1.54, 1.807) is 6.07 Å². The topological polar surface area (TPSA) is 38.9 Å². The predicted octanol–water partition coefficient (Wildman–Crippen LogP) is 2.75. The summed E-state index contributed by atoms with van der Waals surface area (Å²) in [7, 11) is 0. The predicted molar refractivity (Wildman–Crippen MR) is 66.0 cm³/mol. The van der Waals surface area contributed by atoms with Crippen molar-refractivity contribution in [3.63, 3.8) is 0 Å². The van der Waals surface area contributed by atoms with Gasteiger partial charge in [0.15, 0.2) is 0 Å². The molecule has 0 fully saturated rings. The first-order valence-corrected chi connectivity index (χ1v) is 6.35. The maximum absolute atomic E-state index is 13.1. The molecule has 2 heterocycles. The van der Waals surface area contributed by atoms with E-state index in [1.165, 1.54) is 12.1 Å². The highest BCUT2D eigenvalue weighted by molar-refractivity contribution is 7.98. The molecule has 0 radical (unpaired) electrons. The zero-order valence-corrected chi connectivity index (χ0v) is 9.48. The molecule has 0 saturated heterocycles. The second-order valence-electron chi connectivity index (χ2n) is 3.91. The number of aromatic nitrogens is 1. The highest BCUT2D eigenvalue weighted by Crippen LogP contribution is 2.32. The van der Waals surface area contributed by atoms with E-state index in [0.717, 1.165) is 40.3 Å². The lowest BCUT2D eigenvalue weighted by atomic mass is 10.1. The van der Waals surface area contributed by atoms with Crippen LogP contribution in [0.2, 0.25) is 0 Å². The SMILES string of the molecule is Nc1c2c(nc3cc(F)ccc13)CCSC2. The van der Waals surface area contributed by atoms with Gasteiger partial charge >= 0.3 is 0 Å². The van der Waals surface area contributed by atoms with E-state index in [-0.39, 0.29) is 5.82 Å². The molecule has 0 unspecified atom stereocenters. The van der Waals surface area contributed by atoms with Crippen LogP contribution >= 0.6 is 11.8 Å². The highest BCUT2D eigenvalue weighted by atomic mass is 32.2. The van der Waals surface area contributed by atoms with Crippen LogP contribution in [-0.4, -0.2) is 10.7 Å². The third kappa shape index (κ3) is 1.45. The molecular weight excluding hydrogens is 223 g/mol. The summed E-state index contributed by atoms with van der Waals surface area (Å²) >= 11 is 1.87. The normalized spacial score (nSPS) is 15.1. The first kappa shape index (κ1) is 9.90. The molecule has 0 atom stereocenters. The van der Waals surface area contributed by atoms with Crippen molar-refractivity contribution in [1.82, 2.24) is 4.98 Å². The zero-order valence-electron chi connectivity index (χ0n) is 8.66. The van der Waals surface area contributed by atoms with Crippen LogP contribution in [0.5, 0.6) is 0 Å². The summed E-state index contributed by atoms with van der Waals surface area (Å²) in [5, 5.41) is 0.864. The van der Waals surface area contributed by atoms with E-state index < -0.39 is 0 Å². The molecule has 1 aromatic heterocycles. The van der Waals surface area contributed by atoms with Gasteiger partial charge in [0.1, 0.15) is 5.82 Å². The maximum atomic E-state index is 13.1. The summed E-state index contributed by atoms with van der Waals surface area (Å²) in [5.74, 6) is 1.73. The van der Waals surface area contributed by atoms with Crippen molar-refractivity contribution < 1.29 is 4.39 Å². The average molecular weight is 234 g/mol. The van der Waals surface area contributed by atoms with Crippen molar-refractivity contribution >= 4 is 28.4 Å². The van der Waals surface area contributed by atoms with Gasteiger partial charge in [0.05, 0.1) is 5.52 Å². The van der Waals surface area contributed by atoms with Crippen LogP contribution in [0.15, 0.2) is 18.2 Å². The molecular formula is C12H11FN2S. The summed E-state index contributed by atoms with van der Waals surface area (Å²) in [4.78, 5) is 4.50. The molecule has 4 heteroatoms. The van der Waals surface area contributed by atoms with Crippen molar-refractivity contribution in [3.8, 4) is 0 Å². The fraction of sp³-hybridized carbons (Fsp3) is 0.250. The monoisotopic (exact) mass is 234 g/mol. The van der Waals surface area contributed by atoms with Crippen LogP contribution in [-0.2, 0) is 12.2 Å². The lowest BCUT2D eigenvalue weighted by Gasteiger charge is -2.18. The van der Waals surface area contributed by atoms with Crippen molar-refractivity contribution in [2.75, 3.05) is 11.5 Å². The number of fused-ring (bicyclic) bond motifs is 2. The van der Waals surface area contributed by atoms with Gasteiger partial charge in [0.2, 0.25) is 0 Å². The molecule has 0 aliphatic carbocycles. The molecule has 2 N–H and O–H groups in total. The quantitative estimate of drug-likeness (QED) is 0.761. The Kier molecular flexibility index (Phi) is 2.24. The number of nitrogen functional groups attached to an aromatic ring is 1. The second-order valence-corrected chi connectivity index (χ2v) is 5.02. The molecule has 2 aromatic rings. The van der Waals surface area contributed by atoms with Crippen LogP contribution in [0.25, 0.3) is 10.9 Å². The highest BCUT2D eigenvalue weighted by Gasteiger charge is 2.16. The van der Waals surface area contributed by atoms with E-state index in [1.807, 2.05) is 11.8 Å². The van der Waals surface area contributed by atoms with Gasteiger partial charge in [-0.15, -0.1) is 0 Å². The average Bonchev–Trinajstić information content (AvgIpc) is 2.29. The third-order valence-corrected chi connectivity index (χ3v) is 3.89. The largest absolute Gasteiger partial charge is 0.398 e. The number of rotatable bonds is 0. The van der Waals surface area contributed by atoms with Gasteiger partial charge < -0.3 is 5.73 Å². The van der Waals surface area contributed by atoms with Crippen LogP contribution in [0, 0.1) is 5.82 Å². The van der Waals surface area contributed by atoms with Crippen LogP contribution in [0.1, 0.15) is 11.3 Å². The Bertz CT molecular complexity index is 568. The summed E-state index contributed by atoms with van der Waals surface area (Å²) in [5.41, 5.74) is 9.73. The van der Waals surface area contributed by atoms with Crippen molar-refractivity contribution in [3.05, 3.63) is 35.3 Å². The molecule has 1 aliphatic heterocycles. The Labute approximate surface area is 97.1 Å². The fourth-order valence-corrected chi connectivity index (χ4v) is 3.08. The van der Waals surface area contributed by atoms with Gasteiger partial charge in [-0.2, -0.15) is 11.8 Å². The first-order valence-electron chi connectivity index (χ1n) is 5.20. The Morgan fingerprint density at radius 3 is 3.12 bits per heavy atom. The maximum Gasteiger partial charge on any atom is 0.125 e. The molecule has 0 amide bonds. The summed E-state index contributed by atoms with van der Waals surface area (Å²) in [6, 6.07) is 4.60. The van der Waals surface area contributed by atoms with Crippen LogP contribution in [0.4, 0.5) is 10.1 Å². The van der Waals surface area contributed by atoms with Gasteiger partial charge in [0.25, 0.3) is 0 Å². The zero-order chi connectivity index (χ0) is 11.1. The van der Waals surface area contributed by atoms with Gasteiger partial charge in [0, 0.05) is 34.2 Å². The minimum atomic E-state index is -0.260. The smallest absolute Gasteiger partial charge is 0.125 e. The summed E-state index contributed by atoms with van der Waals surface area (Å²) in [6.07, 6.45) is 0.927. The van der Waals surface area contributed by atoms with Gasteiger partial charge in [-0.05, 0) is 24.3 Å². The van der Waals surface area contributed by atoms with E-state index in [0.29, 0.717) is 5.52 Å². The van der Waals surface area contributed by atoms with Crippen LogP contribution in [0.3, 0.4) is 0 Å². The number of benzene rings is 1.